The summed E-state index contributed by atoms with van der Waals surface area (Å²) in [5.41, 5.74) is -3.23. The van der Waals surface area contributed by atoms with Crippen LogP contribution in [0.4, 0.5) is 0 Å². The van der Waals surface area contributed by atoms with Crippen LogP contribution in [-0.4, -0.2) is 16.3 Å². The van der Waals surface area contributed by atoms with Gasteiger partial charge in [0.15, 0.2) is 0 Å². The van der Waals surface area contributed by atoms with Gasteiger partial charge in [0.05, 0.1) is 18.4 Å². The highest BCUT2D eigenvalue weighted by atomic mass is 16.3. The van der Waals surface area contributed by atoms with Gasteiger partial charge in [-0.25, -0.2) is 0 Å². The van der Waals surface area contributed by atoms with Gasteiger partial charge in [-0.05, 0) is 12.1 Å². The van der Waals surface area contributed by atoms with Crippen molar-refractivity contribution in [3.8, 4) is 0 Å². The minimum absolute atomic E-state index is 0.0666. The van der Waals surface area contributed by atoms with Crippen molar-refractivity contribution in [1.82, 2.24) is 4.57 Å². The molecule has 0 saturated heterocycles. The molecule has 82 valence electrons. The fourth-order valence-corrected chi connectivity index (χ4v) is 1.63. The van der Waals surface area contributed by atoms with Gasteiger partial charge in [0.1, 0.15) is 5.22 Å². The molecule has 0 radical (unpaired) electrons. The zero-order valence-corrected chi connectivity index (χ0v) is 8.10. The largest absolute Gasteiger partial charge is 0.395 e. The lowest BCUT2D eigenvalue weighted by Gasteiger charge is -1.92. The van der Waals surface area contributed by atoms with E-state index in [1.54, 1.807) is 0 Å². The van der Waals surface area contributed by atoms with Crippen LogP contribution in [0.2, 0.25) is 0 Å². The van der Waals surface area contributed by atoms with Crippen molar-refractivity contribution in [3.05, 3.63) is 63.7 Å². The molecule has 2 aliphatic rings. The van der Waals surface area contributed by atoms with Crippen LogP contribution in [-0.2, 0) is 6.54 Å². The maximum absolute atomic E-state index is 11.6. The summed E-state index contributed by atoms with van der Waals surface area (Å²) in [5, 5.41) is 8.23. The van der Waals surface area contributed by atoms with E-state index in [-0.39, 0.29) is 23.6 Å². The molecule has 1 heterocycles. The lowest BCUT2D eigenvalue weighted by atomic mass is 10.2. The molecule has 16 heavy (non-hydrogen) atoms. The molecule has 1 aliphatic heterocycles. The summed E-state index contributed by atoms with van der Waals surface area (Å²) < 4.78 is 0.755. The summed E-state index contributed by atoms with van der Waals surface area (Å²) in [4.78, 5) is 45.7. The first kappa shape index (κ1) is 10.4. The van der Waals surface area contributed by atoms with Crippen LogP contribution in [0, 0.1) is 10.4 Å². The minimum atomic E-state index is -0.962. The Labute approximate surface area is 87.4 Å². The number of aliphatic hydroxyl groups is 1. The van der Waals surface area contributed by atoms with Crippen LogP contribution in [0.5, 0.6) is 0 Å². The van der Waals surface area contributed by atoms with Crippen LogP contribution in [0.1, 0.15) is 0 Å². The minimum Gasteiger partial charge on any atom is -0.395 e. The molecule has 0 bridgehead atoms. The zero-order chi connectivity index (χ0) is 11.9. The third kappa shape index (κ3) is 1.24. The second kappa shape index (κ2) is 3.49. The highest BCUT2D eigenvalue weighted by Gasteiger charge is 2.12. The number of nitrogens with zero attached hydrogens (tertiary/aromatic N) is 1. The van der Waals surface area contributed by atoms with Crippen LogP contribution >= 0.6 is 0 Å². The molecule has 6 nitrogen and oxygen atoms in total. The van der Waals surface area contributed by atoms with Crippen molar-refractivity contribution in [3.63, 3.8) is 0 Å². The van der Waals surface area contributed by atoms with Gasteiger partial charge in [0.25, 0.3) is 11.1 Å². The van der Waals surface area contributed by atoms with Gasteiger partial charge < -0.3 is 5.11 Å². The van der Waals surface area contributed by atoms with E-state index in [4.69, 9.17) is 5.11 Å². The molecule has 1 aliphatic carbocycles. The summed E-state index contributed by atoms with van der Waals surface area (Å²) in [6.45, 7) is -0.566. The van der Waals surface area contributed by atoms with Gasteiger partial charge in [0, 0.05) is 0 Å². The Morgan fingerprint density at radius 1 is 1.06 bits per heavy atom. The quantitative estimate of drug-likeness (QED) is 0.567. The van der Waals surface area contributed by atoms with Crippen molar-refractivity contribution in [2.75, 3.05) is 6.61 Å². The first-order valence-electron chi connectivity index (χ1n) is 4.56. The van der Waals surface area contributed by atoms with Crippen LogP contribution < -0.4 is 22.0 Å². The van der Waals surface area contributed by atoms with Crippen molar-refractivity contribution in [2.45, 2.75) is 6.54 Å². The highest BCUT2D eigenvalue weighted by Crippen LogP contribution is 1.82. The number of rotatable bonds is 2. The fourth-order valence-electron chi connectivity index (χ4n) is 1.63. The summed E-state index contributed by atoms with van der Waals surface area (Å²) >= 11 is 0. The van der Waals surface area contributed by atoms with Gasteiger partial charge in [-0.1, -0.05) is 0 Å². The van der Waals surface area contributed by atoms with Crippen LogP contribution in [0.25, 0.3) is 0 Å². The topological polar surface area (TPSA) is 93.4 Å². The van der Waals surface area contributed by atoms with Crippen molar-refractivity contribution >= 4 is 0 Å². The molecule has 0 saturated carbocycles. The van der Waals surface area contributed by atoms with Gasteiger partial charge in [-0.3, -0.25) is 23.7 Å². The predicted molar refractivity (Wildman–Crippen MR) is 54.3 cm³/mol. The Bertz CT molecular complexity index is 794. The second-order valence-electron chi connectivity index (χ2n) is 3.30. The number of hydrogen-bond donors (Lipinski definition) is 1. The Kier molecular flexibility index (Phi) is 2.28. The molecule has 0 aromatic carbocycles. The van der Waals surface area contributed by atoms with Crippen molar-refractivity contribution in [1.29, 1.82) is 0 Å². The van der Waals surface area contributed by atoms with E-state index in [1.807, 2.05) is 0 Å². The Morgan fingerprint density at radius 2 is 1.75 bits per heavy atom. The highest BCUT2D eigenvalue weighted by molar-refractivity contribution is 5.14. The lowest BCUT2D eigenvalue weighted by molar-refractivity contribution is 0.273. The molecule has 1 N–H and O–H groups in total. The normalized spacial score (nSPS) is 11.1. The molecule has 0 atom stereocenters. The SMILES string of the molecule is O=c1ccc2c(=O)n(CCO)c(=O)c=2c1=O. The van der Waals surface area contributed by atoms with E-state index in [2.05, 4.69) is 0 Å². The van der Waals surface area contributed by atoms with E-state index in [9.17, 15) is 19.2 Å². The predicted octanol–water partition coefficient (Wildman–Crippen LogP) is -2.48. The fraction of sp³-hybridized carbons (Fsp3) is 0.200. The average Bonchev–Trinajstić information content (AvgIpc) is 2.49. The second-order valence-corrected chi connectivity index (χ2v) is 3.30. The van der Waals surface area contributed by atoms with Gasteiger partial charge in [-0.15, -0.1) is 0 Å². The Morgan fingerprint density at radius 3 is 2.38 bits per heavy atom. The third-order valence-corrected chi connectivity index (χ3v) is 2.38. The summed E-state index contributed by atoms with van der Waals surface area (Å²) in [7, 11) is 0. The molecule has 6 heteroatoms. The van der Waals surface area contributed by atoms with Gasteiger partial charge in [0.2, 0.25) is 10.9 Å². The Hall–Kier alpha value is -2.08. The van der Waals surface area contributed by atoms with E-state index < -0.39 is 22.0 Å². The van der Waals surface area contributed by atoms with Crippen LogP contribution in [0.3, 0.4) is 0 Å². The average molecular weight is 221 g/mol. The van der Waals surface area contributed by atoms with E-state index >= 15 is 0 Å². The maximum Gasteiger partial charge on any atom is 0.265 e. The maximum atomic E-state index is 11.6. The first-order chi connectivity index (χ1) is 7.57. The molecule has 0 unspecified atom stereocenters. The van der Waals surface area contributed by atoms with Gasteiger partial charge >= 0.3 is 0 Å². The number of aromatic nitrogens is 1. The lowest BCUT2D eigenvalue weighted by Crippen LogP contribution is -2.31. The Balaban J connectivity index is 3.13. The summed E-state index contributed by atoms with van der Waals surface area (Å²) in [6.07, 6.45) is 0. The molecule has 0 spiro atoms. The molecule has 0 aromatic rings. The molecule has 0 aromatic heterocycles. The van der Waals surface area contributed by atoms with Crippen molar-refractivity contribution in [2.24, 2.45) is 0 Å². The standard InChI is InChI=1S/C10H7NO5/c12-4-3-11-9(15)5-1-2-6(13)8(14)7(5)10(11)16/h1-2,12H,3-4H2. The first-order valence-corrected chi connectivity index (χ1v) is 4.56. The third-order valence-electron chi connectivity index (χ3n) is 2.38. The number of aliphatic hydroxyl groups excluding tert-OH is 1. The zero-order valence-electron chi connectivity index (χ0n) is 8.10. The van der Waals surface area contributed by atoms with E-state index in [0.29, 0.717) is 0 Å². The van der Waals surface area contributed by atoms with E-state index in [1.165, 1.54) is 0 Å². The smallest absolute Gasteiger partial charge is 0.265 e. The summed E-state index contributed by atoms with van der Waals surface area (Å²) in [6, 6.07) is 2.13. The molecular formula is C10H7NO5. The van der Waals surface area contributed by atoms with Crippen molar-refractivity contribution < 1.29 is 5.11 Å². The van der Waals surface area contributed by atoms with E-state index in [0.717, 1.165) is 16.7 Å². The molecular weight excluding hydrogens is 214 g/mol. The van der Waals surface area contributed by atoms with Gasteiger partial charge in [-0.2, -0.15) is 0 Å². The monoisotopic (exact) mass is 221 g/mol. The molecule has 2 rings (SSSR count). The number of hydrogen-bond acceptors (Lipinski definition) is 5. The molecule has 0 fully saturated rings. The molecule has 0 amide bonds. The summed E-state index contributed by atoms with van der Waals surface area (Å²) in [5.74, 6) is 0. The van der Waals surface area contributed by atoms with Crippen LogP contribution in [0.15, 0.2) is 31.3 Å².